The van der Waals surface area contributed by atoms with E-state index in [1.165, 1.54) is 0 Å². The summed E-state index contributed by atoms with van der Waals surface area (Å²) in [5.41, 5.74) is 5.17. The van der Waals surface area contributed by atoms with E-state index in [0.717, 1.165) is 16.9 Å². The van der Waals surface area contributed by atoms with Crippen LogP contribution >= 0.6 is 0 Å². The van der Waals surface area contributed by atoms with E-state index in [1.807, 2.05) is 85.8 Å². The van der Waals surface area contributed by atoms with Crippen LogP contribution in [0.25, 0.3) is 28.1 Å². The molecular weight excluding hydrogens is 372 g/mol. The van der Waals surface area contributed by atoms with E-state index in [9.17, 15) is 4.79 Å². The van der Waals surface area contributed by atoms with Crippen LogP contribution in [0.15, 0.2) is 91.0 Å². The molecular formula is C25H18N4O. The van der Waals surface area contributed by atoms with Crippen molar-refractivity contribution in [3.63, 3.8) is 0 Å². The summed E-state index contributed by atoms with van der Waals surface area (Å²) in [6, 6.07) is 28.7. The molecule has 5 nitrogen and oxygen atoms in total. The lowest BCUT2D eigenvalue weighted by Crippen LogP contribution is -2.09. The molecule has 0 amide bonds. The number of hydrogen-bond donors (Lipinski definition) is 0. The van der Waals surface area contributed by atoms with E-state index in [4.69, 9.17) is 9.97 Å². The second kappa shape index (κ2) is 7.37. The monoisotopic (exact) mass is 390 g/mol. The van der Waals surface area contributed by atoms with Gasteiger partial charge in [0.05, 0.1) is 11.4 Å². The van der Waals surface area contributed by atoms with Gasteiger partial charge in [-0.2, -0.15) is 5.10 Å². The molecule has 0 radical (unpaired) electrons. The zero-order valence-electron chi connectivity index (χ0n) is 16.4. The van der Waals surface area contributed by atoms with Crippen molar-refractivity contribution in [2.45, 2.75) is 6.92 Å². The average Bonchev–Trinajstić information content (AvgIpc) is 3.15. The van der Waals surface area contributed by atoms with Crippen molar-refractivity contribution in [1.29, 1.82) is 0 Å². The lowest BCUT2D eigenvalue weighted by atomic mass is 10.0. The lowest BCUT2D eigenvalue weighted by molar-refractivity contribution is 0.103. The SMILES string of the molecule is Cc1nn(-c2ccccc2)c2nc(-c3ccccc3)c(C(=O)c3ccccc3)nc12. The molecule has 0 saturated carbocycles. The topological polar surface area (TPSA) is 60.7 Å². The van der Waals surface area contributed by atoms with Gasteiger partial charge in [0.15, 0.2) is 5.65 Å². The summed E-state index contributed by atoms with van der Waals surface area (Å²) in [5.74, 6) is -0.157. The van der Waals surface area contributed by atoms with Gasteiger partial charge in [-0.15, -0.1) is 0 Å². The van der Waals surface area contributed by atoms with Crippen LogP contribution in [-0.4, -0.2) is 25.5 Å². The molecule has 144 valence electrons. The van der Waals surface area contributed by atoms with Crippen LogP contribution in [0.4, 0.5) is 0 Å². The van der Waals surface area contributed by atoms with Gasteiger partial charge >= 0.3 is 0 Å². The highest BCUT2D eigenvalue weighted by Gasteiger charge is 2.22. The first-order valence-electron chi connectivity index (χ1n) is 9.70. The smallest absolute Gasteiger partial charge is 0.213 e. The van der Waals surface area contributed by atoms with Crippen LogP contribution in [0.2, 0.25) is 0 Å². The minimum atomic E-state index is -0.157. The van der Waals surface area contributed by atoms with Crippen LogP contribution in [0.3, 0.4) is 0 Å². The zero-order valence-corrected chi connectivity index (χ0v) is 16.4. The van der Waals surface area contributed by atoms with E-state index in [0.29, 0.717) is 28.1 Å². The molecule has 0 atom stereocenters. The second-order valence-electron chi connectivity index (χ2n) is 6.99. The Morgan fingerprint density at radius 1 is 0.767 bits per heavy atom. The van der Waals surface area contributed by atoms with Gasteiger partial charge in [-0.3, -0.25) is 4.79 Å². The van der Waals surface area contributed by atoms with Crippen molar-refractivity contribution < 1.29 is 4.79 Å². The third-order valence-electron chi connectivity index (χ3n) is 4.97. The van der Waals surface area contributed by atoms with Crippen LogP contribution in [-0.2, 0) is 0 Å². The number of benzene rings is 3. The third kappa shape index (κ3) is 3.06. The van der Waals surface area contributed by atoms with Gasteiger partial charge in [0.25, 0.3) is 0 Å². The van der Waals surface area contributed by atoms with Crippen LogP contribution in [0.5, 0.6) is 0 Å². The molecule has 5 aromatic rings. The fraction of sp³-hybridized carbons (Fsp3) is 0.0400. The molecule has 0 aliphatic carbocycles. The molecule has 5 rings (SSSR count). The van der Waals surface area contributed by atoms with Gasteiger partial charge in [-0.1, -0.05) is 78.9 Å². The van der Waals surface area contributed by atoms with Gasteiger partial charge in [0, 0.05) is 11.1 Å². The average molecular weight is 390 g/mol. The predicted octanol–water partition coefficient (Wildman–Crippen LogP) is 5.02. The number of nitrogens with zero attached hydrogens (tertiary/aromatic N) is 4. The third-order valence-corrected chi connectivity index (χ3v) is 4.97. The van der Waals surface area contributed by atoms with E-state index in [1.54, 1.807) is 16.8 Å². The number of carbonyl (C=O) groups excluding carboxylic acids is 1. The van der Waals surface area contributed by atoms with Crippen LogP contribution in [0, 0.1) is 6.92 Å². The maximum absolute atomic E-state index is 13.3. The van der Waals surface area contributed by atoms with Crippen molar-refractivity contribution in [1.82, 2.24) is 19.7 Å². The van der Waals surface area contributed by atoms with Crippen LogP contribution in [0.1, 0.15) is 21.7 Å². The van der Waals surface area contributed by atoms with Crippen molar-refractivity contribution in [3.05, 3.63) is 108 Å². The standard InChI is InChI=1S/C25H18N4O/c1-17-21-25(29(28-17)20-15-9-4-10-16-20)27-22(18-11-5-2-6-12-18)23(26-21)24(30)19-13-7-3-8-14-19/h2-16H,1H3. The van der Waals surface area contributed by atoms with Gasteiger partial charge in [-0.05, 0) is 19.1 Å². The van der Waals surface area contributed by atoms with Crippen molar-refractivity contribution in [2.75, 3.05) is 0 Å². The number of aryl methyl sites for hydroxylation is 1. The van der Waals surface area contributed by atoms with E-state index in [2.05, 4.69) is 5.10 Å². The fourth-order valence-corrected chi connectivity index (χ4v) is 3.49. The Morgan fingerprint density at radius 2 is 1.37 bits per heavy atom. The molecule has 5 heteroatoms. The number of rotatable bonds is 4. The molecule has 0 fully saturated rings. The molecule has 2 aromatic heterocycles. The van der Waals surface area contributed by atoms with Crippen molar-refractivity contribution in [3.8, 4) is 16.9 Å². The van der Waals surface area contributed by atoms with Gasteiger partial charge in [0.1, 0.15) is 16.9 Å². The second-order valence-corrected chi connectivity index (χ2v) is 6.99. The summed E-state index contributed by atoms with van der Waals surface area (Å²) in [5, 5.41) is 4.65. The van der Waals surface area contributed by atoms with Gasteiger partial charge in [-0.25, -0.2) is 14.6 Å². The highest BCUT2D eigenvalue weighted by atomic mass is 16.1. The summed E-state index contributed by atoms with van der Waals surface area (Å²) in [6.07, 6.45) is 0. The number of carbonyl (C=O) groups is 1. The molecule has 0 bridgehead atoms. The fourth-order valence-electron chi connectivity index (χ4n) is 3.49. The Morgan fingerprint density at radius 3 is 2.03 bits per heavy atom. The minimum absolute atomic E-state index is 0.157. The highest BCUT2D eigenvalue weighted by Crippen LogP contribution is 2.27. The molecule has 0 N–H and O–H groups in total. The summed E-state index contributed by atoms with van der Waals surface area (Å²) < 4.78 is 1.78. The Labute approximate surface area is 173 Å². The quantitative estimate of drug-likeness (QED) is 0.404. The highest BCUT2D eigenvalue weighted by molar-refractivity contribution is 6.11. The number of aromatic nitrogens is 4. The first kappa shape index (κ1) is 17.9. The first-order valence-corrected chi connectivity index (χ1v) is 9.70. The molecule has 30 heavy (non-hydrogen) atoms. The van der Waals surface area contributed by atoms with E-state index < -0.39 is 0 Å². The Balaban J connectivity index is 1.80. The van der Waals surface area contributed by atoms with E-state index >= 15 is 0 Å². The summed E-state index contributed by atoms with van der Waals surface area (Å²) >= 11 is 0. The molecule has 0 saturated heterocycles. The Hall–Kier alpha value is -4.12. The predicted molar refractivity (Wildman–Crippen MR) is 117 cm³/mol. The summed E-state index contributed by atoms with van der Waals surface area (Å²) in [7, 11) is 0. The minimum Gasteiger partial charge on any atom is -0.287 e. The molecule has 0 spiro atoms. The largest absolute Gasteiger partial charge is 0.287 e. The van der Waals surface area contributed by atoms with Crippen molar-refractivity contribution in [2.24, 2.45) is 0 Å². The number of hydrogen-bond acceptors (Lipinski definition) is 4. The zero-order chi connectivity index (χ0) is 20.5. The molecule has 0 aliphatic rings. The normalized spacial score (nSPS) is 11.0. The van der Waals surface area contributed by atoms with E-state index in [-0.39, 0.29) is 5.78 Å². The van der Waals surface area contributed by atoms with Gasteiger partial charge < -0.3 is 0 Å². The number of ketones is 1. The van der Waals surface area contributed by atoms with Crippen LogP contribution < -0.4 is 0 Å². The molecule has 0 aliphatic heterocycles. The number of fused-ring (bicyclic) bond motifs is 1. The molecule has 2 heterocycles. The molecule has 0 unspecified atom stereocenters. The summed E-state index contributed by atoms with van der Waals surface area (Å²) in [6.45, 7) is 1.88. The molecule has 3 aromatic carbocycles. The van der Waals surface area contributed by atoms with Crippen molar-refractivity contribution >= 4 is 16.9 Å². The maximum atomic E-state index is 13.3. The lowest BCUT2D eigenvalue weighted by Gasteiger charge is -2.09. The van der Waals surface area contributed by atoms with Gasteiger partial charge in [0.2, 0.25) is 5.78 Å². The maximum Gasteiger partial charge on any atom is 0.213 e. The summed E-state index contributed by atoms with van der Waals surface area (Å²) in [4.78, 5) is 23.0. The Bertz CT molecular complexity index is 1340. The first-order chi connectivity index (χ1) is 14.7. The Kier molecular flexibility index (Phi) is 4.41. The number of para-hydroxylation sites is 1.